The summed E-state index contributed by atoms with van der Waals surface area (Å²) in [5.41, 5.74) is 0.905. The SMILES string of the molecule is CCCCS(=O)(=O)Nc1cccc(C(=O)N2CCOCC2C)c1. The molecule has 1 saturated heterocycles. The van der Waals surface area contributed by atoms with Gasteiger partial charge in [0.25, 0.3) is 5.91 Å². The van der Waals surface area contributed by atoms with Crippen LogP contribution < -0.4 is 4.72 Å². The smallest absolute Gasteiger partial charge is 0.254 e. The van der Waals surface area contributed by atoms with Crippen molar-refractivity contribution in [1.82, 2.24) is 4.90 Å². The van der Waals surface area contributed by atoms with Gasteiger partial charge in [-0.05, 0) is 31.5 Å². The van der Waals surface area contributed by atoms with Gasteiger partial charge in [0.15, 0.2) is 0 Å². The van der Waals surface area contributed by atoms with E-state index in [-0.39, 0.29) is 17.7 Å². The van der Waals surface area contributed by atoms with Gasteiger partial charge in [0.1, 0.15) is 0 Å². The maximum Gasteiger partial charge on any atom is 0.254 e. The Morgan fingerprint density at radius 2 is 2.22 bits per heavy atom. The third-order valence-electron chi connectivity index (χ3n) is 3.78. The Kier molecular flexibility index (Phi) is 6.01. The average molecular weight is 340 g/mol. The Balaban J connectivity index is 2.11. The molecular formula is C16H24N2O4S. The van der Waals surface area contributed by atoms with Gasteiger partial charge >= 0.3 is 0 Å². The molecule has 0 aromatic heterocycles. The maximum atomic E-state index is 12.6. The van der Waals surface area contributed by atoms with Crippen molar-refractivity contribution in [1.29, 1.82) is 0 Å². The number of sulfonamides is 1. The number of nitrogens with one attached hydrogen (secondary N) is 1. The topological polar surface area (TPSA) is 75.7 Å². The van der Waals surface area contributed by atoms with Gasteiger partial charge in [0.2, 0.25) is 10.0 Å². The summed E-state index contributed by atoms with van der Waals surface area (Å²) >= 11 is 0. The van der Waals surface area contributed by atoms with Crippen molar-refractivity contribution in [3.05, 3.63) is 29.8 Å². The molecule has 1 amide bonds. The number of nitrogens with zero attached hydrogens (tertiary/aromatic N) is 1. The van der Waals surface area contributed by atoms with Gasteiger partial charge in [0, 0.05) is 17.8 Å². The number of unbranched alkanes of at least 4 members (excludes halogenated alkanes) is 1. The van der Waals surface area contributed by atoms with Gasteiger partial charge in [-0.2, -0.15) is 0 Å². The number of benzene rings is 1. The Bertz CT molecular complexity index is 645. The van der Waals surface area contributed by atoms with Gasteiger partial charge in [-0.1, -0.05) is 19.4 Å². The van der Waals surface area contributed by atoms with Crippen molar-refractivity contribution < 1.29 is 17.9 Å². The Morgan fingerprint density at radius 3 is 2.91 bits per heavy atom. The molecule has 23 heavy (non-hydrogen) atoms. The number of amides is 1. The lowest BCUT2D eigenvalue weighted by Gasteiger charge is -2.33. The molecule has 1 aromatic rings. The van der Waals surface area contributed by atoms with E-state index in [4.69, 9.17) is 4.74 Å². The molecule has 0 bridgehead atoms. The Labute approximate surface area is 137 Å². The van der Waals surface area contributed by atoms with E-state index in [9.17, 15) is 13.2 Å². The van der Waals surface area contributed by atoms with E-state index < -0.39 is 10.0 Å². The number of hydrogen-bond donors (Lipinski definition) is 1. The van der Waals surface area contributed by atoms with Crippen molar-refractivity contribution in [2.45, 2.75) is 32.7 Å². The van der Waals surface area contributed by atoms with Crippen LogP contribution in [0.3, 0.4) is 0 Å². The zero-order valence-corrected chi connectivity index (χ0v) is 14.4. The summed E-state index contributed by atoms with van der Waals surface area (Å²) in [4.78, 5) is 14.4. The minimum absolute atomic E-state index is 0.0150. The van der Waals surface area contributed by atoms with Crippen molar-refractivity contribution >= 4 is 21.6 Å². The van der Waals surface area contributed by atoms with Crippen LogP contribution in [0, 0.1) is 0 Å². The minimum Gasteiger partial charge on any atom is -0.377 e. The molecule has 6 nitrogen and oxygen atoms in total. The number of carbonyl (C=O) groups is 1. The molecule has 0 aliphatic carbocycles. The zero-order chi connectivity index (χ0) is 16.9. The summed E-state index contributed by atoms with van der Waals surface area (Å²) in [5.74, 6) is -0.0160. The highest BCUT2D eigenvalue weighted by Gasteiger charge is 2.25. The highest BCUT2D eigenvalue weighted by Crippen LogP contribution is 2.17. The fourth-order valence-corrected chi connectivity index (χ4v) is 3.73. The largest absolute Gasteiger partial charge is 0.377 e. The third-order valence-corrected chi connectivity index (χ3v) is 5.15. The Morgan fingerprint density at radius 1 is 1.43 bits per heavy atom. The van der Waals surface area contributed by atoms with E-state index in [2.05, 4.69) is 4.72 Å². The van der Waals surface area contributed by atoms with Crippen molar-refractivity contribution in [3.8, 4) is 0 Å². The summed E-state index contributed by atoms with van der Waals surface area (Å²) in [5, 5.41) is 0. The summed E-state index contributed by atoms with van der Waals surface area (Å²) in [7, 11) is -3.37. The summed E-state index contributed by atoms with van der Waals surface area (Å²) in [6.45, 7) is 5.48. The number of ether oxygens (including phenoxy) is 1. The second-order valence-electron chi connectivity index (χ2n) is 5.78. The maximum absolute atomic E-state index is 12.6. The van der Waals surface area contributed by atoms with Crippen molar-refractivity contribution in [2.75, 3.05) is 30.2 Å². The summed E-state index contributed by atoms with van der Waals surface area (Å²) in [6.07, 6.45) is 1.42. The molecular weight excluding hydrogens is 316 g/mol. The molecule has 0 radical (unpaired) electrons. The molecule has 0 saturated carbocycles. The monoisotopic (exact) mass is 340 g/mol. The molecule has 1 fully saturated rings. The number of hydrogen-bond acceptors (Lipinski definition) is 4. The molecule has 1 N–H and O–H groups in total. The van der Waals surface area contributed by atoms with Crippen LogP contribution in [-0.4, -0.2) is 50.8 Å². The second kappa shape index (κ2) is 7.79. The quantitative estimate of drug-likeness (QED) is 0.860. The van der Waals surface area contributed by atoms with Crippen LogP contribution in [0.15, 0.2) is 24.3 Å². The lowest BCUT2D eigenvalue weighted by molar-refractivity contribution is 0.00360. The lowest BCUT2D eigenvalue weighted by Crippen LogP contribution is -2.47. The molecule has 0 spiro atoms. The average Bonchev–Trinajstić information content (AvgIpc) is 2.53. The van der Waals surface area contributed by atoms with Crippen LogP contribution >= 0.6 is 0 Å². The van der Waals surface area contributed by atoms with Crippen molar-refractivity contribution in [3.63, 3.8) is 0 Å². The molecule has 128 valence electrons. The fourth-order valence-electron chi connectivity index (χ4n) is 2.48. The van der Waals surface area contributed by atoms with E-state index in [1.807, 2.05) is 13.8 Å². The number of morpholine rings is 1. The van der Waals surface area contributed by atoms with Gasteiger partial charge in [-0.3, -0.25) is 9.52 Å². The second-order valence-corrected chi connectivity index (χ2v) is 7.62. The molecule has 1 aromatic carbocycles. The van der Waals surface area contributed by atoms with Crippen LogP contribution in [0.25, 0.3) is 0 Å². The van der Waals surface area contributed by atoms with E-state index in [0.717, 1.165) is 6.42 Å². The van der Waals surface area contributed by atoms with Gasteiger partial charge in [-0.15, -0.1) is 0 Å². The van der Waals surface area contributed by atoms with E-state index in [1.165, 1.54) is 0 Å². The van der Waals surface area contributed by atoms with Crippen molar-refractivity contribution in [2.24, 2.45) is 0 Å². The normalized spacial score (nSPS) is 18.7. The molecule has 1 atom stereocenters. The first-order valence-corrected chi connectivity index (χ1v) is 9.57. The standard InChI is InChI=1S/C16H24N2O4S/c1-3-4-10-23(20,21)17-15-7-5-6-14(11-15)16(19)18-8-9-22-12-13(18)2/h5-7,11,13,17H,3-4,8-10,12H2,1-2H3. The molecule has 7 heteroatoms. The molecule has 1 heterocycles. The van der Waals surface area contributed by atoms with Gasteiger partial charge < -0.3 is 9.64 Å². The van der Waals surface area contributed by atoms with Crippen LogP contribution in [0.2, 0.25) is 0 Å². The van der Waals surface area contributed by atoms with Crippen LogP contribution in [-0.2, 0) is 14.8 Å². The highest BCUT2D eigenvalue weighted by molar-refractivity contribution is 7.92. The van der Waals surface area contributed by atoms with E-state index in [1.54, 1.807) is 29.2 Å². The van der Waals surface area contributed by atoms with Gasteiger partial charge in [0.05, 0.1) is 25.0 Å². The zero-order valence-electron chi connectivity index (χ0n) is 13.6. The number of rotatable bonds is 6. The first-order chi connectivity index (χ1) is 10.9. The predicted octanol–water partition coefficient (Wildman–Crippen LogP) is 2.09. The summed E-state index contributed by atoms with van der Waals surface area (Å²) < 4.78 is 31.8. The van der Waals surface area contributed by atoms with E-state index in [0.29, 0.717) is 37.4 Å². The summed E-state index contributed by atoms with van der Waals surface area (Å²) in [6, 6.07) is 6.66. The van der Waals surface area contributed by atoms with Crippen LogP contribution in [0.4, 0.5) is 5.69 Å². The first kappa shape index (κ1) is 17.7. The molecule has 1 unspecified atom stereocenters. The lowest BCUT2D eigenvalue weighted by atomic mass is 10.1. The fraction of sp³-hybridized carbons (Fsp3) is 0.562. The molecule has 1 aliphatic rings. The minimum atomic E-state index is -3.37. The molecule has 1 aliphatic heterocycles. The van der Waals surface area contributed by atoms with Gasteiger partial charge in [-0.25, -0.2) is 8.42 Å². The van der Waals surface area contributed by atoms with Crippen LogP contribution in [0.5, 0.6) is 0 Å². The third kappa shape index (κ3) is 4.94. The van der Waals surface area contributed by atoms with E-state index >= 15 is 0 Å². The Hall–Kier alpha value is -1.60. The number of carbonyl (C=O) groups excluding carboxylic acids is 1. The number of anilines is 1. The predicted molar refractivity (Wildman–Crippen MR) is 90.1 cm³/mol. The molecule has 2 rings (SSSR count). The highest BCUT2D eigenvalue weighted by atomic mass is 32.2. The first-order valence-electron chi connectivity index (χ1n) is 7.92. The van der Waals surface area contributed by atoms with Crippen LogP contribution in [0.1, 0.15) is 37.0 Å².